The van der Waals surface area contributed by atoms with Crippen molar-refractivity contribution in [3.63, 3.8) is 0 Å². The number of aromatic nitrogens is 2. The third kappa shape index (κ3) is 3.46. The van der Waals surface area contributed by atoms with Crippen molar-refractivity contribution in [3.05, 3.63) is 27.4 Å². The zero-order valence-corrected chi connectivity index (χ0v) is 12.9. The molecule has 0 amide bonds. The maximum Gasteiger partial charge on any atom is 0.255 e. The van der Waals surface area contributed by atoms with Gasteiger partial charge < -0.3 is 10.3 Å². The van der Waals surface area contributed by atoms with Gasteiger partial charge in [0.05, 0.1) is 17.1 Å². The summed E-state index contributed by atoms with van der Waals surface area (Å²) in [6.45, 7) is 5.41. The topological polar surface area (TPSA) is 91.9 Å². The molecule has 2 N–H and O–H groups in total. The third-order valence-corrected chi connectivity index (χ3v) is 5.47. The highest BCUT2D eigenvalue weighted by Gasteiger charge is 2.27. The van der Waals surface area contributed by atoms with Gasteiger partial charge in [0.2, 0.25) is 0 Å². The lowest BCUT2D eigenvalue weighted by molar-refractivity contribution is 0.434. The predicted molar refractivity (Wildman–Crippen MR) is 77.6 cm³/mol. The first-order valence-electron chi connectivity index (χ1n) is 6.82. The first-order chi connectivity index (χ1) is 9.28. The molecule has 2 heterocycles. The second kappa shape index (κ2) is 5.65. The molecule has 0 saturated carbocycles. The average Bonchev–Trinajstić information content (AvgIpc) is 2.25. The summed E-state index contributed by atoms with van der Waals surface area (Å²) in [5.74, 6) is 1.00. The zero-order valence-electron chi connectivity index (χ0n) is 12.1. The fraction of sp³-hybridized carbons (Fsp3) is 0.692. The molecule has 7 heteroatoms. The molecule has 2 unspecified atom stereocenters. The molecular formula is C13H21N3O3S. The summed E-state index contributed by atoms with van der Waals surface area (Å²) in [5, 5.41) is 3.25. The van der Waals surface area contributed by atoms with Gasteiger partial charge in [-0.05, 0) is 33.6 Å². The predicted octanol–water partition coefficient (Wildman–Crippen LogP) is 0.615. The molecule has 1 aromatic heterocycles. The van der Waals surface area contributed by atoms with Crippen LogP contribution in [0.25, 0.3) is 0 Å². The lowest BCUT2D eigenvalue weighted by Crippen LogP contribution is -2.42. The Morgan fingerprint density at radius 3 is 2.70 bits per heavy atom. The number of aryl methyl sites for hydroxylation is 2. The Morgan fingerprint density at radius 2 is 2.10 bits per heavy atom. The van der Waals surface area contributed by atoms with Crippen molar-refractivity contribution in [3.8, 4) is 0 Å². The molecule has 0 bridgehead atoms. The van der Waals surface area contributed by atoms with E-state index >= 15 is 0 Å². The second-order valence-electron chi connectivity index (χ2n) is 5.49. The quantitative estimate of drug-likeness (QED) is 0.853. The van der Waals surface area contributed by atoms with E-state index in [4.69, 9.17) is 0 Å². The van der Waals surface area contributed by atoms with Crippen molar-refractivity contribution in [1.82, 2.24) is 15.3 Å². The standard InChI is InChI=1S/C13H21N3O3S/c1-8-12(13(17)16-10(3)14-8)9(2)15-11-5-4-6-20(18,19)7-11/h9,11,15H,4-7H2,1-3H3,(H,14,16,17). The van der Waals surface area contributed by atoms with Crippen molar-refractivity contribution >= 4 is 9.84 Å². The summed E-state index contributed by atoms with van der Waals surface area (Å²) >= 11 is 0. The molecule has 0 aliphatic carbocycles. The van der Waals surface area contributed by atoms with E-state index in [9.17, 15) is 13.2 Å². The van der Waals surface area contributed by atoms with E-state index < -0.39 is 9.84 Å². The van der Waals surface area contributed by atoms with Crippen LogP contribution >= 0.6 is 0 Å². The largest absolute Gasteiger partial charge is 0.310 e. The molecule has 2 rings (SSSR count). The normalized spacial score (nSPS) is 23.4. The molecule has 0 aromatic carbocycles. The minimum absolute atomic E-state index is 0.0937. The van der Waals surface area contributed by atoms with E-state index in [0.29, 0.717) is 23.5 Å². The molecule has 1 saturated heterocycles. The number of sulfone groups is 1. The lowest BCUT2D eigenvalue weighted by Gasteiger charge is -2.26. The SMILES string of the molecule is Cc1nc(C)c(C(C)NC2CCCS(=O)(=O)C2)c(=O)[nH]1. The average molecular weight is 299 g/mol. The van der Waals surface area contributed by atoms with Crippen molar-refractivity contribution in [2.45, 2.75) is 45.7 Å². The van der Waals surface area contributed by atoms with Gasteiger partial charge in [-0.3, -0.25) is 4.79 Å². The van der Waals surface area contributed by atoms with Crippen molar-refractivity contribution in [1.29, 1.82) is 0 Å². The Morgan fingerprint density at radius 1 is 1.40 bits per heavy atom. The van der Waals surface area contributed by atoms with E-state index in [1.807, 2.05) is 6.92 Å². The summed E-state index contributed by atoms with van der Waals surface area (Å²) in [7, 11) is -2.95. The van der Waals surface area contributed by atoms with Crippen molar-refractivity contribution < 1.29 is 8.42 Å². The fourth-order valence-corrected chi connectivity index (χ4v) is 4.49. The Balaban J connectivity index is 2.17. The highest BCUT2D eigenvalue weighted by atomic mass is 32.2. The van der Waals surface area contributed by atoms with Gasteiger partial charge in [-0.1, -0.05) is 0 Å². The first-order valence-corrected chi connectivity index (χ1v) is 8.64. The molecular weight excluding hydrogens is 278 g/mol. The van der Waals surface area contributed by atoms with Gasteiger partial charge in [-0.15, -0.1) is 0 Å². The number of H-pyrrole nitrogens is 1. The second-order valence-corrected chi connectivity index (χ2v) is 7.72. The van der Waals surface area contributed by atoms with Crippen LogP contribution in [0.4, 0.5) is 0 Å². The minimum Gasteiger partial charge on any atom is -0.310 e. The monoisotopic (exact) mass is 299 g/mol. The van der Waals surface area contributed by atoms with Crippen LogP contribution in [-0.2, 0) is 9.84 Å². The summed E-state index contributed by atoms with van der Waals surface area (Å²) < 4.78 is 23.3. The molecule has 20 heavy (non-hydrogen) atoms. The molecule has 1 fully saturated rings. The van der Waals surface area contributed by atoms with Crippen LogP contribution in [0.2, 0.25) is 0 Å². The van der Waals surface area contributed by atoms with Gasteiger partial charge in [0.15, 0.2) is 9.84 Å². The van der Waals surface area contributed by atoms with Crippen molar-refractivity contribution in [2.75, 3.05) is 11.5 Å². The highest BCUT2D eigenvalue weighted by Crippen LogP contribution is 2.17. The molecule has 1 aliphatic rings. The first kappa shape index (κ1) is 15.2. The van der Waals surface area contributed by atoms with E-state index in [1.165, 1.54) is 0 Å². The lowest BCUT2D eigenvalue weighted by atomic mass is 10.1. The van der Waals surface area contributed by atoms with Crippen LogP contribution in [0.5, 0.6) is 0 Å². The smallest absolute Gasteiger partial charge is 0.255 e. The van der Waals surface area contributed by atoms with Crippen LogP contribution in [0.3, 0.4) is 0 Å². The van der Waals surface area contributed by atoms with E-state index in [0.717, 1.165) is 6.42 Å². The maximum atomic E-state index is 12.0. The van der Waals surface area contributed by atoms with E-state index in [-0.39, 0.29) is 29.1 Å². The van der Waals surface area contributed by atoms with Gasteiger partial charge in [0.1, 0.15) is 5.82 Å². The van der Waals surface area contributed by atoms with Gasteiger partial charge in [0, 0.05) is 17.8 Å². The third-order valence-electron chi connectivity index (χ3n) is 3.65. The van der Waals surface area contributed by atoms with Gasteiger partial charge in [-0.2, -0.15) is 0 Å². The van der Waals surface area contributed by atoms with E-state index in [1.54, 1.807) is 13.8 Å². The number of nitrogens with one attached hydrogen (secondary N) is 2. The van der Waals surface area contributed by atoms with Crippen LogP contribution in [0, 0.1) is 13.8 Å². The molecule has 6 nitrogen and oxygen atoms in total. The Kier molecular flexibility index (Phi) is 4.29. The Bertz CT molecular complexity index is 651. The summed E-state index contributed by atoms with van der Waals surface area (Å²) in [6, 6.07) is -0.311. The molecule has 1 aromatic rings. The zero-order chi connectivity index (χ0) is 14.9. The van der Waals surface area contributed by atoms with Gasteiger partial charge >= 0.3 is 0 Å². The summed E-state index contributed by atoms with van der Waals surface area (Å²) in [6.07, 6.45) is 1.49. The Hall–Kier alpha value is -1.21. The number of rotatable bonds is 3. The highest BCUT2D eigenvalue weighted by molar-refractivity contribution is 7.91. The Labute approximate surface area is 118 Å². The fourth-order valence-electron chi connectivity index (χ4n) is 2.84. The van der Waals surface area contributed by atoms with Crippen molar-refractivity contribution in [2.24, 2.45) is 0 Å². The van der Waals surface area contributed by atoms with E-state index in [2.05, 4.69) is 15.3 Å². The number of hydrogen-bond acceptors (Lipinski definition) is 5. The minimum atomic E-state index is -2.95. The van der Waals surface area contributed by atoms with Crippen LogP contribution in [0.1, 0.15) is 42.9 Å². The van der Waals surface area contributed by atoms with Crippen LogP contribution in [0.15, 0.2) is 4.79 Å². The van der Waals surface area contributed by atoms with Gasteiger partial charge in [-0.25, -0.2) is 13.4 Å². The molecule has 2 atom stereocenters. The molecule has 0 radical (unpaired) electrons. The maximum absolute atomic E-state index is 12.0. The molecule has 1 aliphatic heterocycles. The number of nitrogens with zero attached hydrogens (tertiary/aromatic N) is 1. The molecule has 112 valence electrons. The summed E-state index contributed by atoms with van der Waals surface area (Å²) in [4.78, 5) is 19.0. The van der Waals surface area contributed by atoms with Crippen LogP contribution in [-0.4, -0.2) is 35.9 Å². The summed E-state index contributed by atoms with van der Waals surface area (Å²) in [5.41, 5.74) is 1.11. The van der Waals surface area contributed by atoms with Gasteiger partial charge in [0.25, 0.3) is 5.56 Å². The van der Waals surface area contributed by atoms with Crippen LogP contribution < -0.4 is 10.9 Å². The number of aromatic amines is 1. The number of hydrogen-bond donors (Lipinski definition) is 2. The molecule has 0 spiro atoms.